The van der Waals surface area contributed by atoms with Gasteiger partial charge in [-0.2, -0.15) is 13.2 Å². The van der Waals surface area contributed by atoms with Crippen molar-refractivity contribution in [1.82, 2.24) is 15.2 Å². The Labute approximate surface area is 115 Å². The third kappa shape index (κ3) is 3.93. The summed E-state index contributed by atoms with van der Waals surface area (Å²) < 4.78 is 36.7. The molecule has 1 aromatic heterocycles. The van der Waals surface area contributed by atoms with Crippen LogP contribution in [-0.2, 0) is 4.79 Å². The second-order valence-electron chi connectivity index (χ2n) is 4.76. The van der Waals surface area contributed by atoms with Crippen LogP contribution in [0.2, 0.25) is 0 Å². The zero-order valence-electron chi connectivity index (χ0n) is 10.9. The molecule has 4 nitrogen and oxygen atoms in total. The van der Waals surface area contributed by atoms with Gasteiger partial charge in [0.15, 0.2) is 0 Å². The van der Waals surface area contributed by atoms with Crippen LogP contribution in [0.15, 0.2) is 24.5 Å². The van der Waals surface area contributed by atoms with Gasteiger partial charge in [-0.05, 0) is 37.6 Å². The average molecular weight is 287 g/mol. The zero-order chi connectivity index (χ0) is 14.6. The standard InChI is InChI=1S/C13H16F3N3O/c14-13(15,16)9-18-12(20)11(19-6-1-2-7-19)10-4-3-5-17-8-10/h3-5,8,11H,1-2,6-7,9H2,(H,18,20). The first kappa shape index (κ1) is 14.8. The number of nitrogens with one attached hydrogen (secondary N) is 1. The first-order chi connectivity index (χ1) is 9.47. The van der Waals surface area contributed by atoms with Gasteiger partial charge in [0.25, 0.3) is 0 Å². The predicted octanol–water partition coefficient (Wildman–Crippen LogP) is 1.90. The Kier molecular flexibility index (Phi) is 4.59. The maximum atomic E-state index is 12.2. The summed E-state index contributed by atoms with van der Waals surface area (Å²) in [6, 6.07) is 2.69. The fraction of sp³-hybridized carbons (Fsp3) is 0.538. The number of nitrogens with zero attached hydrogens (tertiary/aromatic N) is 2. The lowest BCUT2D eigenvalue weighted by atomic mass is 10.1. The predicted molar refractivity (Wildman–Crippen MR) is 66.8 cm³/mol. The largest absolute Gasteiger partial charge is 0.405 e. The minimum atomic E-state index is -4.40. The van der Waals surface area contributed by atoms with Gasteiger partial charge in [-0.25, -0.2) is 0 Å². The molecule has 1 aliphatic rings. The van der Waals surface area contributed by atoms with Crippen molar-refractivity contribution in [3.8, 4) is 0 Å². The van der Waals surface area contributed by atoms with E-state index in [1.165, 1.54) is 6.20 Å². The van der Waals surface area contributed by atoms with Gasteiger partial charge in [0.1, 0.15) is 12.6 Å². The first-order valence-electron chi connectivity index (χ1n) is 6.46. The molecule has 0 saturated carbocycles. The zero-order valence-corrected chi connectivity index (χ0v) is 10.9. The molecule has 0 radical (unpaired) electrons. The van der Waals surface area contributed by atoms with E-state index in [1.54, 1.807) is 18.3 Å². The van der Waals surface area contributed by atoms with Gasteiger partial charge >= 0.3 is 6.18 Å². The highest BCUT2D eigenvalue weighted by Gasteiger charge is 2.33. The highest BCUT2D eigenvalue weighted by atomic mass is 19.4. The second kappa shape index (κ2) is 6.21. The smallest absolute Gasteiger partial charge is 0.345 e. The van der Waals surface area contributed by atoms with Crippen molar-refractivity contribution in [2.45, 2.75) is 25.1 Å². The highest BCUT2D eigenvalue weighted by molar-refractivity contribution is 5.83. The molecule has 0 aliphatic carbocycles. The monoisotopic (exact) mass is 287 g/mol. The molecule has 1 aliphatic heterocycles. The van der Waals surface area contributed by atoms with Crippen LogP contribution in [0.25, 0.3) is 0 Å². The minimum absolute atomic E-state index is 0.620. The molecular formula is C13H16F3N3O. The van der Waals surface area contributed by atoms with Crippen LogP contribution >= 0.6 is 0 Å². The van der Waals surface area contributed by atoms with E-state index in [-0.39, 0.29) is 0 Å². The van der Waals surface area contributed by atoms with Crippen LogP contribution < -0.4 is 5.32 Å². The molecule has 20 heavy (non-hydrogen) atoms. The van der Waals surface area contributed by atoms with E-state index in [9.17, 15) is 18.0 Å². The molecule has 0 spiro atoms. The molecule has 1 saturated heterocycles. The van der Waals surface area contributed by atoms with Gasteiger partial charge in [0.05, 0.1) is 0 Å². The van der Waals surface area contributed by atoms with Crippen molar-refractivity contribution < 1.29 is 18.0 Å². The van der Waals surface area contributed by atoms with Crippen LogP contribution in [0.3, 0.4) is 0 Å². The fourth-order valence-corrected chi connectivity index (χ4v) is 2.35. The summed E-state index contributed by atoms with van der Waals surface area (Å²) >= 11 is 0. The van der Waals surface area contributed by atoms with E-state index in [2.05, 4.69) is 4.98 Å². The number of aromatic nitrogens is 1. The first-order valence-corrected chi connectivity index (χ1v) is 6.46. The van der Waals surface area contributed by atoms with Crippen molar-refractivity contribution >= 4 is 5.91 Å². The van der Waals surface area contributed by atoms with Gasteiger partial charge < -0.3 is 5.32 Å². The normalized spacial score (nSPS) is 17.9. The Hall–Kier alpha value is -1.63. The molecule has 2 heterocycles. The van der Waals surface area contributed by atoms with Crippen LogP contribution in [-0.4, -0.2) is 41.6 Å². The summed E-state index contributed by atoms with van der Waals surface area (Å²) in [4.78, 5) is 17.9. The molecule has 1 amide bonds. The van der Waals surface area contributed by atoms with Gasteiger partial charge in [-0.1, -0.05) is 6.07 Å². The molecule has 7 heteroatoms. The molecule has 0 bridgehead atoms. The van der Waals surface area contributed by atoms with E-state index < -0.39 is 24.7 Å². The van der Waals surface area contributed by atoms with E-state index in [4.69, 9.17) is 0 Å². The lowest BCUT2D eigenvalue weighted by Crippen LogP contribution is -2.42. The molecule has 1 atom stereocenters. The summed E-state index contributed by atoms with van der Waals surface area (Å²) in [6.07, 6.45) is 0.584. The topological polar surface area (TPSA) is 45.2 Å². The number of pyridine rings is 1. The SMILES string of the molecule is O=C(NCC(F)(F)F)C(c1cccnc1)N1CCCC1. The van der Waals surface area contributed by atoms with Crippen LogP contribution in [0.1, 0.15) is 24.4 Å². The van der Waals surface area contributed by atoms with Crippen LogP contribution in [0.4, 0.5) is 13.2 Å². The Balaban J connectivity index is 2.12. The maximum absolute atomic E-state index is 12.2. The number of alkyl halides is 3. The number of rotatable bonds is 4. The third-order valence-corrected chi connectivity index (χ3v) is 3.22. The molecule has 1 N–H and O–H groups in total. The number of amides is 1. The number of hydrogen-bond acceptors (Lipinski definition) is 3. The van der Waals surface area contributed by atoms with Gasteiger partial charge in [0.2, 0.25) is 5.91 Å². The second-order valence-corrected chi connectivity index (χ2v) is 4.76. The van der Waals surface area contributed by atoms with Gasteiger partial charge in [-0.15, -0.1) is 0 Å². The molecule has 0 aromatic carbocycles. The van der Waals surface area contributed by atoms with E-state index in [0.717, 1.165) is 12.8 Å². The Morgan fingerprint density at radius 1 is 1.40 bits per heavy atom. The maximum Gasteiger partial charge on any atom is 0.405 e. The van der Waals surface area contributed by atoms with Crippen molar-refractivity contribution in [3.05, 3.63) is 30.1 Å². The van der Waals surface area contributed by atoms with Gasteiger partial charge in [-0.3, -0.25) is 14.7 Å². The quantitative estimate of drug-likeness (QED) is 0.920. The summed E-state index contributed by atoms with van der Waals surface area (Å²) in [5.74, 6) is -0.628. The molecule has 1 fully saturated rings. The number of carbonyl (C=O) groups is 1. The Bertz CT molecular complexity index is 444. The average Bonchev–Trinajstić information content (AvgIpc) is 2.91. The number of likely N-dealkylation sites (tertiary alicyclic amines) is 1. The van der Waals surface area contributed by atoms with E-state index in [1.807, 2.05) is 10.2 Å². The van der Waals surface area contributed by atoms with E-state index in [0.29, 0.717) is 18.7 Å². The van der Waals surface area contributed by atoms with Crippen LogP contribution in [0, 0.1) is 0 Å². The lowest BCUT2D eigenvalue weighted by molar-refractivity contribution is -0.141. The summed E-state index contributed by atoms with van der Waals surface area (Å²) in [6.45, 7) is 0.106. The Morgan fingerprint density at radius 3 is 2.65 bits per heavy atom. The van der Waals surface area contributed by atoms with Crippen molar-refractivity contribution in [1.29, 1.82) is 0 Å². The van der Waals surface area contributed by atoms with Crippen molar-refractivity contribution in [2.24, 2.45) is 0 Å². The fourth-order valence-electron chi connectivity index (χ4n) is 2.35. The number of halogens is 3. The molecule has 1 aromatic rings. The van der Waals surface area contributed by atoms with Crippen molar-refractivity contribution in [3.63, 3.8) is 0 Å². The molecular weight excluding hydrogens is 271 g/mol. The van der Waals surface area contributed by atoms with Gasteiger partial charge in [0, 0.05) is 12.4 Å². The van der Waals surface area contributed by atoms with Crippen LogP contribution in [0.5, 0.6) is 0 Å². The molecule has 1 unspecified atom stereocenters. The van der Waals surface area contributed by atoms with E-state index >= 15 is 0 Å². The highest BCUT2D eigenvalue weighted by Crippen LogP contribution is 2.25. The van der Waals surface area contributed by atoms with Crippen molar-refractivity contribution in [2.75, 3.05) is 19.6 Å². The summed E-state index contributed by atoms with van der Waals surface area (Å²) in [5, 5.41) is 1.96. The number of hydrogen-bond donors (Lipinski definition) is 1. The third-order valence-electron chi connectivity index (χ3n) is 3.22. The number of carbonyl (C=O) groups excluding carboxylic acids is 1. The molecule has 110 valence electrons. The summed E-state index contributed by atoms with van der Waals surface area (Å²) in [7, 11) is 0. The summed E-state index contributed by atoms with van der Waals surface area (Å²) in [5.41, 5.74) is 0.620. The lowest BCUT2D eigenvalue weighted by Gasteiger charge is -2.26. The molecule has 2 rings (SSSR count). The Morgan fingerprint density at radius 2 is 2.10 bits per heavy atom. The minimum Gasteiger partial charge on any atom is -0.345 e.